The number of hydrogen-bond donors (Lipinski definition) is 2. The smallest absolute Gasteiger partial charge is 0.318 e. The van der Waals surface area contributed by atoms with E-state index in [1.54, 1.807) is 25.1 Å². The number of urea groups is 1. The molecule has 0 spiro atoms. The van der Waals surface area contributed by atoms with E-state index in [9.17, 15) is 18.4 Å². The lowest BCUT2D eigenvalue weighted by atomic mass is 10.1. The highest BCUT2D eigenvalue weighted by Crippen LogP contribution is 2.33. The average Bonchev–Trinajstić information content (AvgIpc) is 2.81. The normalized spacial score (nSPS) is 22.7. The molecule has 0 bridgehead atoms. The van der Waals surface area contributed by atoms with Crippen molar-refractivity contribution in [2.45, 2.75) is 38.3 Å². The van der Waals surface area contributed by atoms with Crippen molar-refractivity contribution in [1.82, 2.24) is 10.2 Å². The van der Waals surface area contributed by atoms with E-state index >= 15 is 0 Å². The first-order chi connectivity index (χ1) is 12.8. The lowest BCUT2D eigenvalue weighted by Gasteiger charge is -2.27. The summed E-state index contributed by atoms with van der Waals surface area (Å²) in [6.07, 6.45) is -0.0236. The number of hydrogen-bond acceptors (Lipinski definition) is 4. The van der Waals surface area contributed by atoms with Crippen LogP contribution in [0.3, 0.4) is 0 Å². The summed E-state index contributed by atoms with van der Waals surface area (Å²) >= 11 is 0. The first kappa shape index (κ1) is 19.3. The Morgan fingerprint density at radius 1 is 1.48 bits per heavy atom. The molecule has 0 aromatic heterocycles. The minimum atomic E-state index is -3.07. The van der Waals surface area contributed by atoms with Crippen LogP contribution in [-0.2, 0) is 9.53 Å². The molecule has 148 valence electrons. The minimum Gasteiger partial charge on any atom is -0.478 e. The molecule has 2 aliphatic heterocycles. The van der Waals surface area contributed by atoms with Gasteiger partial charge in [-0.2, -0.15) is 0 Å². The fourth-order valence-electron chi connectivity index (χ4n) is 3.03. The summed E-state index contributed by atoms with van der Waals surface area (Å²) in [7, 11) is 0. The van der Waals surface area contributed by atoms with E-state index in [-0.39, 0.29) is 19.1 Å². The SMILES string of the molecule is CCC1Oc2cc(C(C)NC(=O)N3CCOCC(F)(F)C3)ccc2NC1=O. The zero-order chi connectivity index (χ0) is 19.6. The van der Waals surface area contributed by atoms with E-state index in [1.165, 1.54) is 0 Å². The third-order valence-electron chi connectivity index (χ3n) is 4.56. The molecule has 7 nitrogen and oxygen atoms in total. The van der Waals surface area contributed by atoms with Gasteiger partial charge in [0.1, 0.15) is 12.4 Å². The van der Waals surface area contributed by atoms with Crippen molar-refractivity contribution in [3.8, 4) is 5.75 Å². The van der Waals surface area contributed by atoms with Crippen molar-refractivity contribution in [3.05, 3.63) is 23.8 Å². The van der Waals surface area contributed by atoms with Gasteiger partial charge in [-0.15, -0.1) is 0 Å². The quantitative estimate of drug-likeness (QED) is 0.841. The summed E-state index contributed by atoms with van der Waals surface area (Å²) in [5.41, 5.74) is 1.31. The van der Waals surface area contributed by atoms with Crippen molar-refractivity contribution >= 4 is 17.6 Å². The molecule has 0 radical (unpaired) electrons. The van der Waals surface area contributed by atoms with Crippen LogP contribution in [0, 0.1) is 0 Å². The molecule has 3 rings (SSSR count). The van der Waals surface area contributed by atoms with Crippen molar-refractivity contribution in [1.29, 1.82) is 0 Å². The lowest BCUT2D eigenvalue weighted by molar-refractivity contribution is -0.123. The van der Waals surface area contributed by atoms with Crippen LogP contribution in [0.2, 0.25) is 0 Å². The van der Waals surface area contributed by atoms with Crippen molar-refractivity contribution in [3.63, 3.8) is 0 Å². The van der Waals surface area contributed by atoms with E-state index in [2.05, 4.69) is 10.6 Å². The van der Waals surface area contributed by atoms with Gasteiger partial charge in [0.05, 0.1) is 24.9 Å². The molecule has 27 heavy (non-hydrogen) atoms. The Balaban J connectivity index is 1.68. The maximum absolute atomic E-state index is 13.6. The van der Waals surface area contributed by atoms with Gasteiger partial charge in [0.25, 0.3) is 11.8 Å². The maximum atomic E-state index is 13.6. The summed E-state index contributed by atoms with van der Waals surface area (Å²) in [4.78, 5) is 25.3. The van der Waals surface area contributed by atoms with Gasteiger partial charge in [0, 0.05) is 6.54 Å². The third kappa shape index (κ3) is 4.47. The zero-order valence-corrected chi connectivity index (χ0v) is 15.3. The van der Waals surface area contributed by atoms with Gasteiger partial charge in [-0.05, 0) is 31.0 Å². The topological polar surface area (TPSA) is 79.9 Å². The average molecular weight is 383 g/mol. The van der Waals surface area contributed by atoms with Gasteiger partial charge in [-0.1, -0.05) is 13.0 Å². The molecule has 1 aromatic carbocycles. The number of fused-ring (bicyclic) bond motifs is 1. The lowest BCUT2D eigenvalue weighted by Crippen LogP contribution is -2.46. The molecule has 2 atom stereocenters. The first-order valence-electron chi connectivity index (χ1n) is 8.91. The van der Waals surface area contributed by atoms with Crippen molar-refractivity contribution in [2.24, 2.45) is 0 Å². The number of halogens is 2. The number of rotatable bonds is 3. The van der Waals surface area contributed by atoms with Crippen LogP contribution < -0.4 is 15.4 Å². The number of benzene rings is 1. The van der Waals surface area contributed by atoms with Gasteiger partial charge >= 0.3 is 6.03 Å². The number of nitrogens with one attached hydrogen (secondary N) is 2. The fourth-order valence-corrected chi connectivity index (χ4v) is 3.03. The molecule has 2 aliphatic rings. The molecule has 0 aliphatic carbocycles. The van der Waals surface area contributed by atoms with E-state index in [4.69, 9.17) is 9.47 Å². The fraction of sp³-hybridized carbons (Fsp3) is 0.556. The van der Waals surface area contributed by atoms with Gasteiger partial charge in [-0.25, -0.2) is 13.6 Å². The maximum Gasteiger partial charge on any atom is 0.318 e. The molecule has 3 amide bonds. The Bertz CT molecular complexity index is 729. The number of ether oxygens (including phenoxy) is 2. The largest absolute Gasteiger partial charge is 0.478 e. The predicted molar refractivity (Wildman–Crippen MR) is 94.1 cm³/mol. The molecule has 1 fully saturated rings. The monoisotopic (exact) mass is 383 g/mol. The van der Waals surface area contributed by atoms with Crippen LogP contribution in [0.15, 0.2) is 18.2 Å². The Hall–Kier alpha value is -2.42. The van der Waals surface area contributed by atoms with Crippen LogP contribution >= 0.6 is 0 Å². The zero-order valence-electron chi connectivity index (χ0n) is 15.3. The predicted octanol–water partition coefficient (Wildman–Crippen LogP) is 2.53. The second-order valence-corrected chi connectivity index (χ2v) is 6.76. The summed E-state index contributed by atoms with van der Waals surface area (Å²) < 4.78 is 37.8. The molecular formula is C18H23F2N3O4. The van der Waals surface area contributed by atoms with E-state index < -0.39 is 37.3 Å². The van der Waals surface area contributed by atoms with Gasteiger partial charge in [0.15, 0.2) is 6.10 Å². The first-order valence-corrected chi connectivity index (χ1v) is 8.91. The number of nitrogens with zero attached hydrogens (tertiary/aromatic N) is 1. The van der Waals surface area contributed by atoms with Gasteiger partial charge < -0.3 is 25.0 Å². The molecule has 1 aromatic rings. The summed E-state index contributed by atoms with van der Waals surface area (Å²) in [6, 6.07) is 4.18. The molecule has 2 heterocycles. The van der Waals surface area contributed by atoms with Crippen LogP contribution in [0.1, 0.15) is 31.9 Å². The van der Waals surface area contributed by atoms with Crippen molar-refractivity contribution in [2.75, 3.05) is 31.6 Å². The molecule has 0 saturated carbocycles. The van der Waals surface area contributed by atoms with Crippen LogP contribution in [-0.4, -0.2) is 55.2 Å². The number of amides is 3. The van der Waals surface area contributed by atoms with Crippen LogP contribution in [0.5, 0.6) is 5.75 Å². The Kier molecular flexibility index (Phi) is 5.50. The van der Waals surface area contributed by atoms with Crippen LogP contribution in [0.4, 0.5) is 19.3 Å². The van der Waals surface area contributed by atoms with E-state index in [0.717, 1.165) is 10.5 Å². The van der Waals surface area contributed by atoms with Crippen LogP contribution in [0.25, 0.3) is 0 Å². The van der Waals surface area contributed by atoms with E-state index in [1.807, 2.05) is 6.92 Å². The highest BCUT2D eigenvalue weighted by atomic mass is 19.3. The second-order valence-electron chi connectivity index (χ2n) is 6.76. The van der Waals surface area contributed by atoms with E-state index in [0.29, 0.717) is 17.9 Å². The highest BCUT2D eigenvalue weighted by molar-refractivity contribution is 5.97. The van der Waals surface area contributed by atoms with Gasteiger partial charge in [0.2, 0.25) is 0 Å². The minimum absolute atomic E-state index is 0.0716. The molecule has 1 saturated heterocycles. The number of anilines is 1. The van der Waals surface area contributed by atoms with Gasteiger partial charge in [-0.3, -0.25) is 4.79 Å². The summed E-state index contributed by atoms with van der Waals surface area (Å²) in [6.45, 7) is 2.42. The molecule has 2 unspecified atom stereocenters. The van der Waals surface area contributed by atoms with Crippen molar-refractivity contribution < 1.29 is 27.8 Å². The standard InChI is InChI=1S/C18H23F2N3O4/c1-3-14-16(24)22-13-5-4-12(8-15(13)27-14)11(2)21-17(25)23-6-7-26-10-18(19,20)9-23/h4-5,8,11,14H,3,6-7,9-10H2,1-2H3,(H,21,25)(H,22,24). The Labute approximate surface area is 156 Å². The second kappa shape index (κ2) is 7.67. The highest BCUT2D eigenvalue weighted by Gasteiger charge is 2.36. The summed E-state index contributed by atoms with van der Waals surface area (Å²) in [5.74, 6) is -2.73. The number of carbonyl (C=O) groups is 2. The Morgan fingerprint density at radius 3 is 3.00 bits per heavy atom. The summed E-state index contributed by atoms with van der Waals surface area (Å²) in [5, 5.41) is 5.51. The number of alkyl halides is 2. The molecule has 9 heteroatoms. The third-order valence-corrected chi connectivity index (χ3v) is 4.56. The molecule has 2 N–H and O–H groups in total. The number of carbonyl (C=O) groups excluding carboxylic acids is 2. The molecular weight excluding hydrogens is 360 g/mol. The Morgan fingerprint density at radius 2 is 2.26 bits per heavy atom.